The molecule has 0 saturated carbocycles. The van der Waals surface area contributed by atoms with Crippen molar-refractivity contribution in [1.82, 2.24) is 10.2 Å². The largest absolute Gasteiger partial charge is 0.336 e. The van der Waals surface area contributed by atoms with Crippen molar-refractivity contribution in [3.63, 3.8) is 0 Å². The molecule has 0 unspecified atom stereocenters. The molecule has 1 heterocycles. The van der Waals surface area contributed by atoms with Crippen LogP contribution >= 0.6 is 0 Å². The van der Waals surface area contributed by atoms with E-state index >= 15 is 0 Å². The topological polar surface area (TPSA) is 66.9 Å². The van der Waals surface area contributed by atoms with Gasteiger partial charge < -0.3 is 10.6 Å². The van der Waals surface area contributed by atoms with Gasteiger partial charge in [0.05, 0.1) is 5.69 Å². The highest BCUT2D eigenvalue weighted by atomic mass is 19.1. The van der Waals surface area contributed by atoms with Gasteiger partial charge in [-0.05, 0) is 43.3 Å². The van der Waals surface area contributed by atoms with Crippen LogP contribution in [0.2, 0.25) is 0 Å². The van der Waals surface area contributed by atoms with Gasteiger partial charge in [0.1, 0.15) is 11.6 Å². The van der Waals surface area contributed by atoms with Crippen molar-refractivity contribution in [3.8, 4) is 0 Å². The first-order valence-corrected chi connectivity index (χ1v) is 7.45. The summed E-state index contributed by atoms with van der Waals surface area (Å²) < 4.78 is 26.5. The quantitative estimate of drug-likeness (QED) is 0.752. The molecule has 3 aromatic rings. The minimum Gasteiger partial charge on any atom is -0.336 e. The van der Waals surface area contributed by atoms with Gasteiger partial charge in [0, 0.05) is 11.8 Å². The molecule has 0 aliphatic rings. The smallest absolute Gasteiger partial charge is 0.276 e. The minimum atomic E-state index is -0.747. The Morgan fingerprint density at radius 1 is 0.960 bits per heavy atom. The van der Waals surface area contributed by atoms with Crippen LogP contribution in [0.5, 0.6) is 0 Å². The minimum absolute atomic E-state index is 0.0626. The SMILES string of the molecule is Cc1ccc(NC(=O)c2ccc(Nc3ccc(F)cc3F)nn2)cc1. The molecule has 7 heteroatoms. The van der Waals surface area contributed by atoms with Gasteiger partial charge in [-0.15, -0.1) is 10.2 Å². The van der Waals surface area contributed by atoms with Crippen LogP contribution in [0.3, 0.4) is 0 Å². The average molecular weight is 340 g/mol. The Bertz CT molecular complexity index is 896. The van der Waals surface area contributed by atoms with Crippen LogP contribution in [0.15, 0.2) is 54.6 Å². The van der Waals surface area contributed by atoms with Gasteiger partial charge >= 0.3 is 0 Å². The normalized spacial score (nSPS) is 10.4. The number of carbonyl (C=O) groups is 1. The van der Waals surface area contributed by atoms with Gasteiger partial charge in [-0.25, -0.2) is 8.78 Å². The summed E-state index contributed by atoms with van der Waals surface area (Å²) in [5, 5.41) is 13.0. The zero-order valence-corrected chi connectivity index (χ0v) is 13.3. The molecule has 1 amide bonds. The highest BCUT2D eigenvalue weighted by molar-refractivity contribution is 6.02. The molecule has 0 aliphatic carbocycles. The number of anilines is 3. The molecule has 0 fully saturated rings. The zero-order valence-electron chi connectivity index (χ0n) is 13.3. The molecule has 0 radical (unpaired) electrons. The van der Waals surface area contributed by atoms with E-state index in [0.717, 1.165) is 17.7 Å². The predicted molar refractivity (Wildman–Crippen MR) is 90.8 cm³/mol. The standard InChI is InChI=1S/C18H14F2N4O/c1-11-2-5-13(6-3-11)21-18(25)16-8-9-17(24-23-16)22-15-7-4-12(19)10-14(15)20/h2-10H,1H3,(H,21,25)(H,22,24). The molecule has 0 atom stereocenters. The van der Waals surface area contributed by atoms with Gasteiger partial charge in [0.15, 0.2) is 11.5 Å². The third kappa shape index (κ3) is 4.14. The van der Waals surface area contributed by atoms with Crippen LogP contribution < -0.4 is 10.6 Å². The fourth-order valence-corrected chi connectivity index (χ4v) is 2.08. The first-order valence-electron chi connectivity index (χ1n) is 7.45. The van der Waals surface area contributed by atoms with Crippen LogP contribution in [0.25, 0.3) is 0 Å². The van der Waals surface area contributed by atoms with E-state index in [-0.39, 0.29) is 17.2 Å². The molecule has 0 saturated heterocycles. The van der Waals surface area contributed by atoms with E-state index in [4.69, 9.17) is 0 Å². The molecule has 0 spiro atoms. The Balaban J connectivity index is 1.69. The second-order valence-corrected chi connectivity index (χ2v) is 5.37. The van der Waals surface area contributed by atoms with Crippen LogP contribution in [-0.2, 0) is 0 Å². The summed E-state index contributed by atoms with van der Waals surface area (Å²) in [5.41, 5.74) is 1.91. The van der Waals surface area contributed by atoms with E-state index in [9.17, 15) is 13.6 Å². The molecule has 3 rings (SSSR count). The fraction of sp³-hybridized carbons (Fsp3) is 0.0556. The Hall–Kier alpha value is -3.35. The van der Waals surface area contributed by atoms with Crippen molar-refractivity contribution in [3.05, 3.63) is 77.5 Å². The molecule has 2 N–H and O–H groups in total. The molecule has 5 nitrogen and oxygen atoms in total. The molecular formula is C18H14F2N4O. The predicted octanol–water partition coefficient (Wildman–Crippen LogP) is 4.06. The number of nitrogens with one attached hydrogen (secondary N) is 2. The molecule has 0 aliphatic heterocycles. The summed E-state index contributed by atoms with van der Waals surface area (Å²) in [6.45, 7) is 1.95. The Morgan fingerprint density at radius 3 is 2.36 bits per heavy atom. The van der Waals surface area contributed by atoms with E-state index in [1.165, 1.54) is 18.2 Å². The third-order valence-corrected chi connectivity index (χ3v) is 3.40. The fourth-order valence-electron chi connectivity index (χ4n) is 2.08. The Labute approximate surface area is 142 Å². The summed E-state index contributed by atoms with van der Waals surface area (Å²) in [6.07, 6.45) is 0. The lowest BCUT2D eigenvalue weighted by atomic mass is 10.2. The number of hydrogen-bond acceptors (Lipinski definition) is 4. The molecule has 1 aromatic heterocycles. The third-order valence-electron chi connectivity index (χ3n) is 3.40. The lowest BCUT2D eigenvalue weighted by Crippen LogP contribution is -2.14. The van der Waals surface area contributed by atoms with Crippen molar-refractivity contribution in [1.29, 1.82) is 0 Å². The lowest BCUT2D eigenvalue weighted by molar-refractivity contribution is 0.102. The van der Waals surface area contributed by atoms with Gasteiger partial charge in [0.2, 0.25) is 0 Å². The number of hydrogen-bond donors (Lipinski definition) is 2. The maximum Gasteiger partial charge on any atom is 0.276 e. The monoisotopic (exact) mass is 340 g/mol. The summed E-state index contributed by atoms with van der Waals surface area (Å²) in [7, 11) is 0. The summed E-state index contributed by atoms with van der Waals surface area (Å²) in [4.78, 5) is 12.1. The van der Waals surface area contributed by atoms with Crippen LogP contribution in [0.1, 0.15) is 16.1 Å². The number of carbonyl (C=O) groups excluding carboxylic acids is 1. The van der Waals surface area contributed by atoms with Gasteiger partial charge in [-0.1, -0.05) is 17.7 Å². The molecular weight excluding hydrogens is 326 g/mol. The Morgan fingerprint density at radius 2 is 1.72 bits per heavy atom. The summed E-state index contributed by atoms with van der Waals surface area (Å²) >= 11 is 0. The first-order chi connectivity index (χ1) is 12.0. The van der Waals surface area contributed by atoms with E-state index < -0.39 is 17.5 Å². The highest BCUT2D eigenvalue weighted by Gasteiger charge is 2.10. The van der Waals surface area contributed by atoms with Crippen molar-refractivity contribution in [2.45, 2.75) is 6.92 Å². The van der Waals surface area contributed by atoms with Crippen molar-refractivity contribution in [2.24, 2.45) is 0 Å². The molecule has 126 valence electrons. The van der Waals surface area contributed by atoms with E-state index in [0.29, 0.717) is 5.69 Å². The van der Waals surface area contributed by atoms with Crippen molar-refractivity contribution < 1.29 is 13.6 Å². The maximum absolute atomic E-state index is 13.6. The zero-order chi connectivity index (χ0) is 17.8. The van der Waals surface area contributed by atoms with E-state index in [1.54, 1.807) is 12.1 Å². The van der Waals surface area contributed by atoms with Crippen LogP contribution in [0, 0.1) is 18.6 Å². The second-order valence-electron chi connectivity index (χ2n) is 5.37. The number of amides is 1. The molecule has 0 bridgehead atoms. The Kier molecular flexibility index (Phi) is 4.65. The number of benzene rings is 2. The number of halogens is 2. The van der Waals surface area contributed by atoms with Crippen LogP contribution in [-0.4, -0.2) is 16.1 Å². The summed E-state index contributed by atoms with van der Waals surface area (Å²) in [5.74, 6) is -1.59. The van der Waals surface area contributed by atoms with Crippen molar-refractivity contribution in [2.75, 3.05) is 10.6 Å². The average Bonchev–Trinajstić information content (AvgIpc) is 2.60. The summed E-state index contributed by atoms with van der Waals surface area (Å²) in [6, 6.07) is 13.4. The van der Waals surface area contributed by atoms with Gasteiger partial charge in [0.25, 0.3) is 5.91 Å². The maximum atomic E-state index is 13.6. The number of nitrogens with zero attached hydrogens (tertiary/aromatic N) is 2. The van der Waals surface area contributed by atoms with E-state index in [1.807, 2.05) is 19.1 Å². The lowest BCUT2D eigenvalue weighted by Gasteiger charge is -2.07. The molecule has 25 heavy (non-hydrogen) atoms. The second kappa shape index (κ2) is 7.04. The van der Waals surface area contributed by atoms with Crippen LogP contribution in [0.4, 0.5) is 26.0 Å². The van der Waals surface area contributed by atoms with Gasteiger partial charge in [-0.2, -0.15) is 0 Å². The van der Waals surface area contributed by atoms with Crippen molar-refractivity contribution >= 4 is 23.1 Å². The number of rotatable bonds is 4. The van der Waals surface area contributed by atoms with Gasteiger partial charge in [-0.3, -0.25) is 4.79 Å². The molecule has 2 aromatic carbocycles. The number of aromatic nitrogens is 2. The van der Waals surface area contributed by atoms with E-state index in [2.05, 4.69) is 20.8 Å². The number of aryl methyl sites for hydroxylation is 1. The highest BCUT2D eigenvalue weighted by Crippen LogP contribution is 2.19. The first kappa shape index (κ1) is 16.5.